The van der Waals surface area contributed by atoms with Crippen molar-refractivity contribution in [3.63, 3.8) is 0 Å². The molecule has 0 spiro atoms. The molecule has 5 nitrogen and oxygen atoms in total. The van der Waals surface area contributed by atoms with Crippen LogP contribution in [-0.4, -0.2) is 43.1 Å². The predicted octanol–water partition coefficient (Wildman–Crippen LogP) is 3.49. The maximum atomic E-state index is 13.9. The SMILES string of the molecule is CCNC(=NCCc1ncc(CC)s1)N(C)Cc1ccc(OC)c(F)c1. The van der Waals surface area contributed by atoms with Gasteiger partial charge in [-0.2, -0.15) is 0 Å². The van der Waals surface area contributed by atoms with Crippen LogP contribution in [-0.2, 0) is 19.4 Å². The summed E-state index contributed by atoms with van der Waals surface area (Å²) in [6.45, 7) is 6.17. The quantitative estimate of drug-likeness (QED) is 0.564. The molecule has 1 aromatic carbocycles. The summed E-state index contributed by atoms with van der Waals surface area (Å²) in [5, 5.41) is 4.40. The van der Waals surface area contributed by atoms with Gasteiger partial charge in [0.1, 0.15) is 0 Å². The highest BCUT2D eigenvalue weighted by Gasteiger charge is 2.09. The van der Waals surface area contributed by atoms with Crippen LogP contribution in [0.1, 0.15) is 29.3 Å². The molecule has 7 heteroatoms. The normalized spacial score (nSPS) is 11.5. The number of aromatic nitrogens is 1. The first-order valence-electron chi connectivity index (χ1n) is 8.82. The van der Waals surface area contributed by atoms with Gasteiger partial charge in [0.25, 0.3) is 0 Å². The van der Waals surface area contributed by atoms with E-state index in [2.05, 4.69) is 22.2 Å². The summed E-state index contributed by atoms with van der Waals surface area (Å²) in [7, 11) is 3.41. The number of aliphatic imine (C=N–C) groups is 1. The van der Waals surface area contributed by atoms with Crippen molar-refractivity contribution in [2.45, 2.75) is 33.2 Å². The van der Waals surface area contributed by atoms with Crippen LogP contribution < -0.4 is 10.1 Å². The molecule has 0 radical (unpaired) electrons. The molecule has 0 fully saturated rings. The average molecular weight is 379 g/mol. The summed E-state index contributed by atoms with van der Waals surface area (Å²) in [5.41, 5.74) is 0.865. The van der Waals surface area contributed by atoms with Crippen molar-refractivity contribution in [2.75, 3.05) is 27.2 Å². The zero-order valence-corrected chi connectivity index (χ0v) is 16.7. The Hall–Kier alpha value is -2.15. The molecule has 26 heavy (non-hydrogen) atoms. The first kappa shape index (κ1) is 20.2. The number of nitrogens with zero attached hydrogens (tertiary/aromatic N) is 3. The van der Waals surface area contributed by atoms with Crippen LogP contribution in [0.15, 0.2) is 29.4 Å². The van der Waals surface area contributed by atoms with Gasteiger partial charge in [-0.05, 0) is 31.0 Å². The number of thiazole rings is 1. The lowest BCUT2D eigenvalue weighted by molar-refractivity contribution is 0.385. The molecular formula is C19H27FN4OS. The molecule has 0 bridgehead atoms. The Kier molecular flexibility index (Phi) is 7.84. The Labute approximate surface area is 158 Å². The molecule has 0 amide bonds. The van der Waals surface area contributed by atoms with E-state index in [0.29, 0.717) is 13.1 Å². The highest BCUT2D eigenvalue weighted by atomic mass is 32.1. The van der Waals surface area contributed by atoms with Gasteiger partial charge in [0.05, 0.1) is 12.1 Å². The maximum Gasteiger partial charge on any atom is 0.193 e. The second-order valence-corrected chi connectivity index (χ2v) is 7.08. The van der Waals surface area contributed by atoms with E-state index in [4.69, 9.17) is 4.74 Å². The van der Waals surface area contributed by atoms with Gasteiger partial charge in [-0.3, -0.25) is 4.99 Å². The van der Waals surface area contributed by atoms with Crippen molar-refractivity contribution in [3.05, 3.63) is 45.7 Å². The molecule has 0 saturated heterocycles. The minimum atomic E-state index is -0.351. The Bertz CT molecular complexity index is 732. The Morgan fingerprint density at radius 1 is 1.38 bits per heavy atom. The number of ether oxygens (including phenoxy) is 1. The number of aryl methyl sites for hydroxylation is 1. The molecule has 0 aliphatic carbocycles. The second kappa shape index (κ2) is 10.1. The molecule has 0 aliphatic heterocycles. The molecule has 0 aliphatic rings. The summed E-state index contributed by atoms with van der Waals surface area (Å²) in [6, 6.07) is 5.01. The van der Waals surface area contributed by atoms with Crippen molar-refractivity contribution >= 4 is 17.3 Å². The molecular weight excluding hydrogens is 351 g/mol. The van der Waals surface area contributed by atoms with Gasteiger partial charge in [0, 0.05) is 44.2 Å². The number of nitrogens with one attached hydrogen (secondary N) is 1. The van der Waals surface area contributed by atoms with Crippen molar-refractivity contribution in [1.29, 1.82) is 0 Å². The van der Waals surface area contributed by atoms with E-state index in [9.17, 15) is 4.39 Å². The van der Waals surface area contributed by atoms with Gasteiger partial charge < -0.3 is 15.0 Å². The van der Waals surface area contributed by atoms with E-state index in [-0.39, 0.29) is 11.6 Å². The predicted molar refractivity (Wildman–Crippen MR) is 106 cm³/mol. The summed E-state index contributed by atoms with van der Waals surface area (Å²) in [5.74, 6) is 0.707. The van der Waals surface area contributed by atoms with E-state index in [1.165, 1.54) is 18.1 Å². The molecule has 0 saturated carbocycles. The fourth-order valence-corrected chi connectivity index (χ4v) is 3.36. The van der Waals surface area contributed by atoms with Crippen LogP contribution in [0.25, 0.3) is 0 Å². The number of hydrogen-bond donors (Lipinski definition) is 1. The number of benzene rings is 1. The fourth-order valence-electron chi connectivity index (χ4n) is 2.51. The third-order valence-corrected chi connectivity index (χ3v) is 5.07. The zero-order valence-electron chi connectivity index (χ0n) is 15.9. The molecule has 0 atom stereocenters. The molecule has 1 aromatic heterocycles. The van der Waals surface area contributed by atoms with Crippen molar-refractivity contribution in [1.82, 2.24) is 15.2 Å². The summed E-state index contributed by atoms with van der Waals surface area (Å²) in [4.78, 5) is 12.4. The van der Waals surface area contributed by atoms with Gasteiger partial charge in [-0.1, -0.05) is 13.0 Å². The highest BCUT2D eigenvalue weighted by Crippen LogP contribution is 2.18. The molecule has 1 heterocycles. The summed E-state index contributed by atoms with van der Waals surface area (Å²) < 4.78 is 18.8. The lowest BCUT2D eigenvalue weighted by Crippen LogP contribution is -2.38. The second-order valence-electron chi connectivity index (χ2n) is 5.88. The Balaban J connectivity index is 1.98. The smallest absolute Gasteiger partial charge is 0.193 e. The van der Waals surface area contributed by atoms with Crippen molar-refractivity contribution in [2.24, 2.45) is 4.99 Å². The van der Waals surface area contributed by atoms with Crippen molar-refractivity contribution in [3.8, 4) is 5.75 Å². The van der Waals surface area contributed by atoms with Gasteiger partial charge in [0.15, 0.2) is 17.5 Å². The third kappa shape index (κ3) is 5.69. The summed E-state index contributed by atoms with van der Waals surface area (Å²) in [6.07, 6.45) is 3.79. The van der Waals surface area contributed by atoms with Gasteiger partial charge in [-0.15, -0.1) is 11.3 Å². The third-order valence-electron chi connectivity index (χ3n) is 3.87. The lowest BCUT2D eigenvalue weighted by atomic mass is 10.2. The van der Waals surface area contributed by atoms with Gasteiger partial charge in [-0.25, -0.2) is 9.37 Å². The zero-order chi connectivity index (χ0) is 18.9. The highest BCUT2D eigenvalue weighted by molar-refractivity contribution is 7.11. The number of guanidine groups is 1. The van der Waals surface area contributed by atoms with Crippen molar-refractivity contribution < 1.29 is 9.13 Å². The van der Waals surface area contributed by atoms with E-state index in [0.717, 1.165) is 35.9 Å². The maximum absolute atomic E-state index is 13.9. The monoisotopic (exact) mass is 378 g/mol. The van der Waals surface area contributed by atoms with E-state index in [1.54, 1.807) is 17.4 Å². The number of rotatable bonds is 8. The Morgan fingerprint density at radius 2 is 2.19 bits per heavy atom. The van der Waals surface area contributed by atoms with Crippen LogP contribution >= 0.6 is 11.3 Å². The number of methoxy groups -OCH3 is 1. The van der Waals surface area contributed by atoms with Crippen LogP contribution in [0.4, 0.5) is 4.39 Å². The van der Waals surface area contributed by atoms with E-state index < -0.39 is 0 Å². The number of hydrogen-bond acceptors (Lipinski definition) is 4. The lowest BCUT2D eigenvalue weighted by Gasteiger charge is -2.22. The molecule has 2 rings (SSSR count). The standard InChI is InChI=1S/C19H27FN4OS/c1-5-15-12-23-18(26-15)9-10-22-19(21-6-2)24(3)13-14-7-8-17(25-4)16(20)11-14/h7-8,11-12H,5-6,9-10,13H2,1-4H3,(H,21,22). The van der Waals surface area contributed by atoms with E-state index in [1.807, 2.05) is 31.1 Å². The Morgan fingerprint density at radius 3 is 2.81 bits per heavy atom. The van der Waals surface area contributed by atoms with Crippen LogP contribution in [0.2, 0.25) is 0 Å². The van der Waals surface area contributed by atoms with Crippen LogP contribution in [0.5, 0.6) is 5.75 Å². The molecule has 2 aromatic rings. The first-order valence-corrected chi connectivity index (χ1v) is 9.64. The van der Waals surface area contributed by atoms with Crippen LogP contribution in [0.3, 0.4) is 0 Å². The van der Waals surface area contributed by atoms with Crippen LogP contribution in [0, 0.1) is 5.82 Å². The minimum absolute atomic E-state index is 0.256. The molecule has 142 valence electrons. The minimum Gasteiger partial charge on any atom is -0.494 e. The fraction of sp³-hybridized carbons (Fsp3) is 0.474. The topological polar surface area (TPSA) is 49.8 Å². The van der Waals surface area contributed by atoms with Gasteiger partial charge in [0.2, 0.25) is 0 Å². The average Bonchev–Trinajstić information content (AvgIpc) is 3.09. The molecule has 1 N–H and O–H groups in total. The molecule has 0 unspecified atom stereocenters. The summed E-state index contributed by atoms with van der Waals surface area (Å²) >= 11 is 1.75. The first-order chi connectivity index (χ1) is 12.6. The van der Waals surface area contributed by atoms with E-state index >= 15 is 0 Å². The number of halogens is 1. The largest absolute Gasteiger partial charge is 0.494 e. The van der Waals surface area contributed by atoms with Gasteiger partial charge >= 0.3 is 0 Å².